The molecule has 0 saturated carbocycles. The van der Waals surface area contributed by atoms with Crippen molar-refractivity contribution in [2.45, 2.75) is 0 Å². The van der Waals surface area contributed by atoms with E-state index in [1.807, 2.05) is 0 Å². The molecule has 1 heterocycles. The molecule has 2 aromatic rings. The van der Waals surface area contributed by atoms with Crippen LogP contribution in [0, 0.1) is 0 Å². The molecule has 0 spiro atoms. The highest BCUT2D eigenvalue weighted by molar-refractivity contribution is 6.04. The van der Waals surface area contributed by atoms with Gasteiger partial charge in [-0.15, -0.1) is 0 Å². The van der Waals surface area contributed by atoms with Crippen LogP contribution in [0.5, 0.6) is 11.5 Å². The Morgan fingerprint density at radius 3 is 2.50 bits per heavy atom. The second-order valence-electron chi connectivity index (χ2n) is 3.08. The van der Waals surface area contributed by atoms with Crippen molar-refractivity contribution in [1.29, 1.82) is 0 Å². The quantitative estimate of drug-likeness (QED) is 0.709. The van der Waals surface area contributed by atoms with E-state index < -0.39 is 5.91 Å². The second kappa shape index (κ2) is 3.93. The van der Waals surface area contributed by atoms with E-state index in [1.54, 1.807) is 0 Å². The summed E-state index contributed by atoms with van der Waals surface area (Å²) in [4.78, 5) is 11.6. The van der Waals surface area contributed by atoms with Gasteiger partial charge in [0.1, 0.15) is 17.8 Å². The zero-order chi connectivity index (χ0) is 11.5. The van der Waals surface area contributed by atoms with Crippen molar-refractivity contribution in [2.24, 2.45) is 0 Å². The highest BCUT2D eigenvalue weighted by atomic mass is 16.5. The van der Waals surface area contributed by atoms with Gasteiger partial charge in [-0.1, -0.05) is 5.16 Å². The highest BCUT2D eigenvalue weighted by Gasteiger charge is 2.09. The maximum atomic E-state index is 11.6. The topological polar surface area (TPSA) is 95.6 Å². The second-order valence-corrected chi connectivity index (χ2v) is 3.08. The Morgan fingerprint density at radius 2 is 1.94 bits per heavy atom. The van der Waals surface area contributed by atoms with Crippen LogP contribution in [0.2, 0.25) is 0 Å². The summed E-state index contributed by atoms with van der Waals surface area (Å²) in [6, 6.07) is 5.07. The van der Waals surface area contributed by atoms with Crippen LogP contribution in [0.15, 0.2) is 35.1 Å². The van der Waals surface area contributed by atoms with Crippen molar-refractivity contribution in [1.82, 2.24) is 5.16 Å². The molecule has 0 bridgehead atoms. The zero-order valence-corrected chi connectivity index (χ0v) is 8.04. The molecule has 16 heavy (non-hydrogen) atoms. The van der Waals surface area contributed by atoms with E-state index in [2.05, 4.69) is 15.0 Å². The lowest BCUT2D eigenvalue weighted by Gasteiger charge is -2.02. The first-order chi connectivity index (χ1) is 7.65. The van der Waals surface area contributed by atoms with Crippen molar-refractivity contribution in [2.75, 3.05) is 5.32 Å². The number of nitrogens with zero attached hydrogens (tertiary/aromatic N) is 1. The van der Waals surface area contributed by atoms with Crippen molar-refractivity contribution in [3.63, 3.8) is 0 Å². The smallest absolute Gasteiger partial charge is 0.257 e. The molecule has 3 N–H and O–H groups in total. The third kappa shape index (κ3) is 2.11. The van der Waals surface area contributed by atoms with Crippen LogP contribution in [0.1, 0.15) is 10.4 Å². The maximum Gasteiger partial charge on any atom is 0.257 e. The van der Waals surface area contributed by atoms with E-state index in [0.29, 0.717) is 0 Å². The van der Waals surface area contributed by atoms with Crippen LogP contribution >= 0.6 is 0 Å². The Balaban J connectivity index is 2.21. The van der Waals surface area contributed by atoms with E-state index in [-0.39, 0.29) is 22.9 Å². The van der Waals surface area contributed by atoms with Gasteiger partial charge in [0, 0.05) is 17.7 Å². The number of amides is 1. The summed E-state index contributed by atoms with van der Waals surface area (Å²) in [5.74, 6) is -0.622. The summed E-state index contributed by atoms with van der Waals surface area (Å²) in [7, 11) is 0. The molecule has 0 fully saturated rings. The average molecular weight is 220 g/mol. The molecule has 82 valence electrons. The summed E-state index contributed by atoms with van der Waals surface area (Å²) in [5, 5.41) is 24.3. The molecular weight excluding hydrogens is 212 g/mol. The van der Waals surface area contributed by atoms with E-state index in [1.165, 1.54) is 24.5 Å². The van der Waals surface area contributed by atoms with Gasteiger partial charge in [0.2, 0.25) is 0 Å². The molecule has 6 heteroatoms. The standard InChI is InChI=1S/C10H8N2O4/c13-7-3-6(4-8(14)5-7)10(15)11-9-1-2-16-12-9/h1-5,13-14H,(H,11,12,15). The number of nitrogens with one attached hydrogen (secondary N) is 1. The molecule has 1 aromatic carbocycles. The summed E-state index contributed by atoms with van der Waals surface area (Å²) in [6.07, 6.45) is 1.32. The van der Waals surface area contributed by atoms with E-state index in [0.717, 1.165) is 6.07 Å². The Kier molecular flexibility index (Phi) is 2.47. The number of hydrogen-bond donors (Lipinski definition) is 3. The number of hydrogen-bond acceptors (Lipinski definition) is 5. The third-order valence-electron chi connectivity index (χ3n) is 1.84. The van der Waals surface area contributed by atoms with Crippen molar-refractivity contribution < 1.29 is 19.5 Å². The van der Waals surface area contributed by atoms with Gasteiger partial charge in [-0.25, -0.2) is 0 Å². The molecule has 0 aliphatic heterocycles. The van der Waals surface area contributed by atoms with Crippen molar-refractivity contribution in [3.05, 3.63) is 36.1 Å². The zero-order valence-electron chi connectivity index (χ0n) is 8.04. The molecule has 6 nitrogen and oxygen atoms in total. The van der Waals surface area contributed by atoms with E-state index >= 15 is 0 Å². The van der Waals surface area contributed by atoms with Gasteiger partial charge in [-0.3, -0.25) is 4.79 Å². The molecule has 2 rings (SSSR count). The van der Waals surface area contributed by atoms with E-state index in [9.17, 15) is 15.0 Å². The Morgan fingerprint density at radius 1 is 1.25 bits per heavy atom. The predicted octanol–water partition coefficient (Wildman–Crippen LogP) is 1.34. The largest absolute Gasteiger partial charge is 0.508 e. The van der Waals surface area contributed by atoms with Crippen LogP contribution in [-0.4, -0.2) is 21.3 Å². The summed E-state index contributed by atoms with van der Waals surface area (Å²) in [6.45, 7) is 0. The molecule has 0 atom stereocenters. The van der Waals surface area contributed by atoms with Crippen LogP contribution in [0.25, 0.3) is 0 Å². The lowest BCUT2D eigenvalue weighted by atomic mass is 10.2. The maximum absolute atomic E-state index is 11.6. The Labute approximate surface area is 90.1 Å². The number of carbonyl (C=O) groups excluding carboxylic acids is 1. The average Bonchev–Trinajstić information content (AvgIpc) is 2.68. The molecule has 1 amide bonds. The molecule has 0 radical (unpaired) electrons. The first-order valence-electron chi connectivity index (χ1n) is 4.40. The number of aromatic nitrogens is 1. The summed E-state index contributed by atoms with van der Waals surface area (Å²) < 4.78 is 4.54. The molecular formula is C10H8N2O4. The molecule has 0 aliphatic carbocycles. The van der Waals surface area contributed by atoms with Crippen LogP contribution < -0.4 is 5.32 Å². The normalized spacial score (nSPS) is 10.0. The number of rotatable bonds is 2. The minimum atomic E-state index is -0.500. The fourth-order valence-corrected chi connectivity index (χ4v) is 1.19. The number of phenolic OH excluding ortho intramolecular Hbond substituents is 2. The predicted molar refractivity (Wildman–Crippen MR) is 54.2 cm³/mol. The third-order valence-corrected chi connectivity index (χ3v) is 1.84. The van der Waals surface area contributed by atoms with Gasteiger partial charge >= 0.3 is 0 Å². The van der Waals surface area contributed by atoms with Crippen LogP contribution in [0.4, 0.5) is 5.82 Å². The number of phenols is 2. The molecule has 0 aliphatic rings. The number of anilines is 1. The minimum absolute atomic E-state index is 0.125. The summed E-state index contributed by atoms with van der Waals surface area (Å²) in [5.41, 5.74) is 0.125. The first-order valence-corrected chi connectivity index (χ1v) is 4.40. The SMILES string of the molecule is O=C(Nc1ccon1)c1cc(O)cc(O)c1. The molecule has 0 unspecified atom stereocenters. The first kappa shape index (κ1) is 10.0. The molecule has 0 saturated heterocycles. The van der Waals surface area contributed by atoms with Crippen LogP contribution in [0.3, 0.4) is 0 Å². The monoisotopic (exact) mass is 220 g/mol. The van der Waals surface area contributed by atoms with Gasteiger partial charge < -0.3 is 20.1 Å². The minimum Gasteiger partial charge on any atom is -0.508 e. The fraction of sp³-hybridized carbons (Fsp3) is 0. The Bertz CT molecular complexity index is 487. The van der Waals surface area contributed by atoms with Gasteiger partial charge in [0.25, 0.3) is 5.91 Å². The lowest BCUT2D eigenvalue weighted by molar-refractivity contribution is 0.102. The summed E-state index contributed by atoms with van der Waals surface area (Å²) >= 11 is 0. The van der Waals surface area contributed by atoms with Gasteiger partial charge in [0.05, 0.1) is 0 Å². The Hall–Kier alpha value is -2.50. The fourth-order valence-electron chi connectivity index (χ4n) is 1.19. The van der Waals surface area contributed by atoms with Gasteiger partial charge in [-0.2, -0.15) is 0 Å². The molecule has 1 aromatic heterocycles. The van der Waals surface area contributed by atoms with Crippen LogP contribution in [-0.2, 0) is 0 Å². The van der Waals surface area contributed by atoms with E-state index in [4.69, 9.17) is 0 Å². The number of benzene rings is 1. The van der Waals surface area contributed by atoms with Crippen molar-refractivity contribution in [3.8, 4) is 11.5 Å². The lowest BCUT2D eigenvalue weighted by Crippen LogP contribution is -2.11. The van der Waals surface area contributed by atoms with Gasteiger partial charge in [0.15, 0.2) is 5.82 Å². The number of carbonyl (C=O) groups is 1. The van der Waals surface area contributed by atoms with Crippen molar-refractivity contribution >= 4 is 11.7 Å². The number of aromatic hydroxyl groups is 2. The highest BCUT2D eigenvalue weighted by Crippen LogP contribution is 2.20. The van der Waals surface area contributed by atoms with Gasteiger partial charge in [-0.05, 0) is 12.1 Å².